The second-order valence-corrected chi connectivity index (χ2v) is 7.17. The standard InChI is InChI=1S/C23H15N7O/c31-15-6-14(9-25-10-15)18-3-4-19-22(28-18)23(30-29-19)20-7-16-17(11-26-12-21(16)27-20)13-2-1-5-24-8-13/h1-12,27,31H,(H,29,30). The van der Waals surface area contributed by atoms with Crippen LogP contribution in [0.3, 0.4) is 0 Å². The lowest BCUT2D eigenvalue weighted by molar-refractivity contribution is 0.473. The first-order chi connectivity index (χ1) is 15.3. The number of H-pyrrole nitrogens is 2. The highest BCUT2D eigenvalue weighted by atomic mass is 16.3. The lowest BCUT2D eigenvalue weighted by atomic mass is 10.1. The number of pyridine rings is 4. The first-order valence-electron chi connectivity index (χ1n) is 9.63. The minimum Gasteiger partial charge on any atom is -0.506 e. The maximum absolute atomic E-state index is 9.76. The van der Waals surface area contributed by atoms with Crippen molar-refractivity contribution in [1.82, 2.24) is 35.1 Å². The second kappa shape index (κ2) is 6.74. The Kier molecular flexibility index (Phi) is 3.76. The van der Waals surface area contributed by atoms with Crippen LogP contribution in [0.1, 0.15) is 0 Å². The highest BCUT2D eigenvalue weighted by Gasteiger charge is 2.16. The van der Waals surface area contributed by atoms with Gasteiger partial charge in [-0.3, -0.25) is 20.1 Å². The summed E-state index contributed by atoms with van der Waals surface area (Å²) < 4.78 is 0. The number of fused-ring (bicyclic) bond motifs is 2. The molecular weight excluding hydrogens is 390 g/mol. The van der Waals surface area contributed by atoms with E-state index >= 15 is 0 Å². The van der Waals surface area contributed by atoms with Gasteiger partial charge in [-0.2, -0.15) is 5.10 Å². The summed E-state index contributed by atoms with van der Waals surface area (Å²) in [6.07, 6.45) is 10.3. The summed E-state index contributed by atoms with van der Waals surface area (Å²) in [5, 5.41) is 18.3. The molecule has 0 radical (unpaired) electrons. The van der Waals surface area contributed by atoms with Crippen LogP contribution in [0.2, 0.25) is 0 Å². The number of aromatic nitrogens is 7. The van der Waals surface area contributed by atoms with E-state index in [9.17, 15) is 5.11 Å². The molecule has 0 spiro atoms. The van der Waals surface area contributed by atoms with Gasteiger partial charge in [0.1, 0.15) is 17.0 Å². The fourth-order valence-corrected chi connectivity index (χ4v) is 3.75. The van der Waals surface area contributed by atoms with Gasteiger partial charge in [-0.05, 0) is 30.3 Å². The zero-order valence-corrected chi connectivity index (χ0v) is 16.1. The number of aromatic hydroxyl groups is 1. The van der Waals surface area contributed by atoms with Crippen molar-refractivity contribution in [2.24, 2.45) is 0 Å². The van der Waals surface area contributed by atoms with Crippen LogP contribution in [-0.2, 0) is 0 Å². The summed E-state index contributed by atoms with van der Waals surface area (Å²) >= 11 is 0. The molecule has 6 heterocycles. The molecule has 6 aromatic heterocycles. The molecule has 0 aliphatic rings. The Bertz CT molecular complexity index is 1550. The predicted molar refractivity (Wildman–Crippen MR) is 117 cm³/mol. The highest BCUT2D eigenvalue weighted by Crippen LogP contribution is 2.33. The molecular formula is C23H15N7O. The van der Waals surface area contributed by atoms with E-state index in [0.29, 0.717) is 11.4 Å². The number of nitrogens with zero attached hydrogens (tertiary/aromatic N) is 5. The minimum absolute atomic E-state index is 0.0952. The first-order valence-corrected chi connectivity index (χ1v) is 9.63. The predicted octanol–water partition coefficient (Wildman–Crippen LogP) is 4.33. The van der Waals surface area contributed by atoms with Gasteiger partial charge in [0, 0.05) is 46.9 Å². The van der Waals surface area contributed by atoms with Crippen LogP contribution in [0.15, 0.2) is 73.6 Å². The molecule has 0 saturated carbocycles. The summed E-state index contributed by atoms with van der Waals surface area (Å²) in [6.45, 7) is 0. The zero-order chi connectivity index (χ0) is 20.8. The van der Waals surface area contributed by atoms with Crippen LogP contribution < -0.4 is 0 Å². The lowest BCUT2D eigenvalue weighted by Crippen LogP contribution is -1.86. The van der Waals surface area contributed by atoms with E-state index in [-0.39, 0.29) is 5.75 Å². The van der Waals surface area contributed by atoms with E-state index in [1.54, 1.807) is 24.7 Å². The molecule has 0 aliphatic heterocycles. The normalized spacial score (nSPS) is 11.4. The van der Waals surface area contributed by atoms with Crippen molar-refractivity contribution >= 4 is 21.9 Å². The van der Waals surface area contributed by atoms with E-state index in [1.165, 1.54) is 6.20 Å². The van der Waals surface area contributed by atoms with Crippen LogP contribution in [0.25, 0.3) is 55.7 Å². The van der Waals surface area contributed by atoms with Crippen LogP contribution in [0, 0.1) is 0 Å². The van der Waals surface area contributed by atoms with Gasteiger partial charge in [-0.15, -0.1) is 0 Å². The molecule has 0 aliphatic carbocycles. The highest BCUT2D eigenvalue weighted by molar-refractivity contribution is 5.99. The third kappa shape index (κ3) is 2.89. The maximum atomic E-state index is 9.76. The smallest absolute Gasteiger partial charge is 0.135 e. The Hall–Kier alpha value is -4.59. The monoisotopic (exact) mass is 405 g/mol. The Morgan fingerprint density at radius 3 is 2.58 bits per heavy atom. The Morgan fingerprint density at radius 2 is 1.71 bits per heavy atom. The summed E-state index contributed by atoms with van der Waals surface area (Å²) in [6, 6.07) is 11.4. The third-order valence-corrected chi connectivity index (χ3v) is 5.20. The molecule has 0 unspecified atom stereocenters. The molecule has 0 fully saturated rings. The van der Waals surface area contributed by atoms with Gasteiger partial charge in [-0.25, -0.2) is 4.98 Å². The van der Waals surface area contributed by atoms with Gasteiger partial charge in [0.25, 0.3) is 0 Å². The van der Waals surface area contributed by atoms with Crippen molar-refractivity contribution in [3.05, 3.63) is 73.6 Å². The summed E-state index contributed by atoms with van der Waals surface area (Å²) in [7, 11) is 0. The Morgan fingerprint density at radius 1 is 0.806 bits per heavy atom. The third-order valence-electron chi connectivity index (χ3n) is 5.20. The van der Waals surface area contributed by atoms with Gasteiger partial charge in [0.05, 0.1) is 34.8 Å². The van der Waals surface area contributed by atoms with Crippen molar-refractivity contribution < 1.29 is 5.11 Å². The number of nitrogens with one attached hydrogen (secondary N) is 2. The first kappa shape index (κ1) is 17.3. The van der Waals surface area contributed by atoms with Crippen LogP contribution in [-0.4, -0.2) is 40.2 Å². The molecule has 8 nitrogen and oxygen atoms in total. The van der Waals surface area contributed by atoms with E-state index < -0.39 is 0 Å². The minimum atomic E-state index is 0.0952. The molecule has 3 N–H and O–H groups in total. The summed E-state index contributed by atoms with van der Waals surface area (Å²) in [5.41, 5.74) is 7.40. The van der Waals surface area contributed by atoms with Gasteiger partial charge in [0.15, 0.2) is 0 Å². The van der Waals surface area contributed by atoms with Crippen molar-refractivity contribution in [2.45, 2.75) is 0 Å². The average molecular weight is 405 g/mol. The molecule has 0 atom stereocenters. The SMILES string of the molecule is Oc1cncc(-c2ccc3[nH]nc(-c4cc5c(-c6cccnc6)cncc5[nH]4)c3n2)c1. The van der Waals surface area contributed by atoms with Crippen LogP contribution in [0.4, 0.5) is 0 Å². The van der Waals surface area contributed by atoms with Gasteiger partial charge < -0.3 is 10.1 Å². The number of rotatable bonds is 3. The maximum Gasteiger partial charge on any atom is 0.135 e. The molecule has 0 amide bonds. The zero-order valence-electron chi connectivity index (χ0n) is 16.1. The van der Waals surface area contributed by atoms with Gasteiger partial charge in [0.2, 0.25) is 0 Å². The quantitative estimate of drug-likeness (QED) is 0.403. The van der Waals surface area contributed by atoms with E-state index in [0.717, 1.165) is 44.3 Å². The van der Waals surface area contributed by atoms with E-state index in [1.807, 2.05) is 36.7 Å². The molecule has 6 aromatic rings. The van der Waals surface area contributed by atoms with Crippen molar-refractivity contribution in [3.8, 4) is 39.5 Å². The topological polar surface area (TPSA) is 116 Å². The Labute approximate surface area is 175 Å². The fourth-order valence-electron chi connectivity index (χ4n) is 3.75. The van der Waals surface area contributed by atoms with Crippen molar-refractivity contribution in [1.29, 1.82) is 0 Å². The summed E-state index contributed by atoms with van der Waals surface area (Å²) in [4.78, 5) is 20.8. The number of hydrogen-bond acceptors (Lipinski definition) is 6. The number of aromatic amines is 2. The van der Waals surface area contributed by atoms with Crippen molar-refractivity contribution in [2.75, 3.05) is 0 Å². The molecule has 0 saturated heterocycles. The molecule has 31 heavy (non-hydrogen) atoms. The van der Waals surface area contributed by atoms with Crippen LogP contribution in [0.5, 0.6) is 5.75 Å². The van der Waals surface area contributed by atoms with Crippen molar-refractivity contribution in [3.63, 3.8) is 0 Å². The lowest BCUT2D eigenvalue weighted by Gasteiger charge is -2.02. The molecule has 8 heteroatoms. The molecule has 0 bridgehead atoms. The second-order valence-electron chi connectivity index (χ2n) is 7.17. The Balaban J connectivity index is 1.51. The summed E-state index contributed by atoms with van der Waals surface area (Å²) in [5.74, 6) is 0.0952. The van der Waals surface area contributed by atoms with E-state index in [4.69, 9.17) is 4.98 Å². The van der Waals surface area contributed by atoms with Gasteiger partial charge in [-0.1, -0.05) is 6.07 Å². The average Bonchev–Trinajstić information content (AvgIpc) is 3.43. The molecule has 148 valence electrons. The molecule has 0 aromatic carbocycles. The molecule has 6 rings (SSSR count). The van der Waals surface area contributed by atoms with E-state index in [2.05, 4.69) is 36.2 Å². The fraction of sp³-hybridized carbons (Fsp3) is 0. The largest absolute Gasteiger partial charge is 0.506 e. The van der Waals surface area contributed by atoms with Crippen LogP contribution >= 0.6 is 0 Å². The van der Waals surface area contributed by atoms with Gasteiger partial charge >= 0.3 is 0 Å². The number of hydrogen-bond donors (Lipinski definition) is 3.